The summed E-state index contributed by atoms with van der Waals surface area (Å²) in [4.78, 5) is 45.6. The van der Waals surface area contributed by atoms with Crippen molar-refractivity contribution in [2.75, 3.05) is 38.0 Å². The number of aromatic nitrogens is 3. The number of anilines is 1. The van der Waals surface area contributed by atoms with Gasteiger partial charge in [0.05, 0.1) is 17.5 Å². The molecule has 0 bridgehead atoms. The van der Waals surface area contributed by atoms with Gasteiger partial charge in [-0.3, -0.25) is 29.1 Å². The number of amides is 2. The summed E-state index contributed by atoms with van der Waals surface area (Å²) in [5.74, 6) is -0.883. The van der Waals surface area contributed by atoms with Gasteiger partial charge in [0.2, 0.25) is 5.91 Å². The quantitative estimate of drug-likeness (QED) is 0.651. The topological polar surface area (TPSA) is 103 Å². The van der Waals surface area contributed by atoms with E-state index in [0.717, 1.165) is 0 Å². The first-order valence-electron chi connectivity index (χ1n) is 9.95. The van der Waals surface area contributed by atoms with Gasteiger partial charge in [0.25, 0.3) is 11.5 Å². The van der Waals surface area contributed by atoms with Crippen molar-refractivity contribution in [1.82, 2.24) is 24.6 Å². The minimum Gasteiger partial charge on any atom is -0.336 e. The molecule has 162 valence electrons. The summed E-state index contributed by atoms with van der Waals surface area (Å²) in [6.07, 6.45) is 0. The maximum Gasteiger partial charge on any atom is 0.274 e. The van der Waals surface area contributed by atoms with E-state index in [9.17, 15) is 18.8 Å². The van der Waals surface area contributed by atoms with Crippen LogP contribution in [-0.4, -0.2) is 69.1 Å². The number of halogens is 1. The Morgan fingerprint density at radius 2 is 1.94 bits per heavy atom. The number of nitrogens with one attached hydrogen (secondary N) is 2. The van der Waals surface area contributed by atoms with E-state index in [2.05, 4.69) is 15.4 Å². The van der Waals surface area contributed by atoms with E-state index in [1.807, 2.05) is 4.90 Å². The fraction of sp³-hybridized carbons (Fsp3) is 0.333. The maximum atomic E-state index is 13.3. The molecule has 1 fully saturated rings. The van der Waals surface area contributed by atoms with E-state index < -0.39 is 5.82 Å². The van der Waals surface area contributed by atoms with Crippen LogP contribution in [0.25, 0.3) is 11.0 Å². The van der Waals surface area contributed by atoms with Crippen LogP contribution in [0.1, 0.15) is 16.1 Å². The van der Waals surface area contributed by atoms with Crippen molar-refractivity contribution in [1.29, 1.82) is 0 Å². The third-order valence-electron chi connectivity index (χ3n) is 5.31. The molecule has 2 aromatic heterocycles. The second kappa shape index (κ2) is 8.31. The van der Waals surface area contributed by atoms with E-state index in [1.54, 1.807) is 31.0 Å². The Hall–Kier alpha value is -3.53. The van der Waals surface area contributed by atoms with Gasteiger partial charge >= 0.3 is 0 Å². The Kier molecular flexibility index (Phi) is 5.55. The second-order valence-electron chi connectivity index (χ2n) is 7.64. The molecule has 1 aliphatic heterocycles. The van der Waals surface area contributed by atoms with E-state index in [-0.39, 0.29) is 29.3 Å². The molecule has 3 aromatic rings. The zero-order valence-corrected chi connectivity index (χ0v) is 17.3. The standard InChI is InChI=1S/C21H23FN6O3/c1-13-10-16(18-19(23-13)26(2)25-20(18)30)21(31)28-8-6-27(7-9-28)12-17(29)24-15-5-3-4-14(22)11-15/h3-5,10-11H,6-9,12H2,1-2H3,(H,24,29)(H,25,30). The van der Waals surface area contributed by atoms with Crippen LogP contribution >= 0.6 is 0 Å². The lowest BCUT2D eigenvalue weighted by molar-refractivity contribution is -0.117. The Balaban J connectivity index is 1.40. The minimum absolute atomic E-state index is 0.148. The van der Waals surface area contributed by atoms with Crippen LogP contribution in [-0.2, 0) is 11.8 Å². The average molecular weight is 426 g/mol. The number of benzene rings is 1. The van der Waals surface area contributed by atoms with Gasteiger partial charge in [-0.2, -0.15) is 0 Å². The largest absolute Gasteiger partial charge is 0.336 e. The van der Waals surface area contributed by atoms with Crippen LogP contribution < -0.4 is 10.9 Å². The fourth-order valence-corrected chi connectivity index (χ4v) is 3.80. The molecule has 1 aromatic carbocycles. The van der Waals surface area contributed by atoms with E-state index in [4.69, 9.17) is 0 Å². The molecule has 0 unspecified atom stereocenters. The predicted molar refractivity (Wildman–Crippen MR) is 113 cm³/mol. The van der Waals surface area contributed by atoms with Gasteiger partial charge in [0, 0.05) is 44.6 Å². The van der Waals surface area contributed by atoms with Gasteiger partial charge in [-0.1, -0.05) is 6.07 Å². The summed E-state index contributed by atoms with van der Waals surface area (Å²) < 4.78 is 14.8. The number of carbonyl (C=O) groups is 2. The smallest absolute Gasteiger partial charge is 0.274 e. The lowest BCUT2D eigenvalue weighted by Gasteiger charge is -2.34. The Bertz CT molecular complexity index is 1210. The zero-order chi connectivity index (χ0) is 22.1. The summed E-state index contributed by atoms with van der Waals surface area (Å²) in [6, 6.07) is 7.37. The van der Waals surface area contributed by atoms with Gasteiger partial charge < -0.3 is 10.2 Å². The molecule has 1 saturated heterocycles. The van der Waals surface area contributed by atoms with Crippen LogP contribution in [0.3, 0.4) is 0 Å². The second-order valence-corrected chi connectivity index (χ2v) is 7.64. The van der Waals surface area contributed by atoms with Crippen molar-refractivity contribution in [3.63, 3.8) is 0 Å². The van der Waals surface area contributed by atoms with Gasteiger partial charge in [-0.15, -0.1) is 0 Å². The normalized spacial score (nSPS) is 14.7. The molecular weight excluding hydrogens is 403 g/mol. The van der Waals surface area contributed by atoms with Crippen LogP contribution in [0.4, 0.5) is 10.1 Å². The van der Waals surface area contributed by atoms with Crippen molar-refractivity contribution in [2.24, 2.45) is 7.05 Å². The molecule has 2 amide bonds. The first-order valence-corrected chi connectivity index (χ1v) is 9.95. The summed E-state index contributed by atoms with van der Waals surface area (Å²) in [6.45, 7) is 3.82. The number of H-pyrrole nitrogens is 1. The number of carbonyl (C=O) groups excluding carboxylic acids is 2. The SMILES string of the molecule is Cc1cc(C(=O)N2CCN(CC(=O)Nc3cccc(F)c3)CC2)c2c(=O)[nH]n(C)c2n1. The highest BCUT2D eigenvalue weighted by atomic mass is 19.1. The summed E-state index contributed by atoms with van der Waals surface area (Å²) in [5.41, 5.74) is 1.49. The number of nitrogens with zero attached hydrogens (tertiary/aromatic N) is 4. The highest BCUT2D eigenvalue weighted by Gasteiger charge is 2.26. The van der Waals surface area contributed by atoms with Gasteiger partial charge in [0.15, 0.2) is 5.65 Å². The number of piperazine rings is 1. The predicted octanol–water partition coefficient (Wildman–Crippen LogP) is 1.11. The van der Waals surface area contributed by atoms with Crippen molar-refractivity contribution < 1.29 is 14.0 Å². The highest BCUT2D eigenvalue weighted by molar-refractivity contribution is 6.05. The zero-order valence-electron chi connectivity index (χ0n) is 17.3. The van der Waals surface area contributed by atoms with Crippen LogP contribution in [0, 0.1) is 12.7 Å². The molecule has 0 radical (unpaired) electrons. The molecule has 0 saturated carbocycles. The fourth-order valence-electron chi connectivity index (χ4n) is 3.80. The number of aryl methyl sites for hydroxylation is 2. The first-order chi connectivity index (χ1) is 14.8. The molecule has 9 nitrogen and oxygen atoms in total. The Morgan fingerprint density at radius 1 is 1.19 bits per heavy atom. The Labute approximate surface area is 177 Å². The molecule has 0 atom stereocenters. The molecule has 0 spiro atoms. The van der Waals surface area contributed by atoms with Crippen molar-refractivity contribution in [2.45, 2.75) is 6.92 Å². The van der Waals surface area contributed by atoms with Crippen LogP contribution in [0.15, 0.2) is 35.1 Å². The lowest BCUT2D eigenvalue weighted by Crippen LogP contribution is -2.50. The van der Waals surface area contributed by atoms with E-state index >= 15 is 0 Å². The number of fused-ring (bicyclic) bond motifs is 1. The van der Waals surface area contributed by atoms with Crippen molar-refractivity contribution in [3.05, 3.63) is 57.8 Å². The summed E-state index contributed by atoms with van der Waals surface area (Å²) in [7, 11) is 1.68. The Morgan fingerprint density at radius 3 is 2.65 bits per heavy atom. The lowest BCUT2D eigenvalue weighted by atomic mass is 10.1. The number of aromatic amines is 1. The van der Waals surface area contributed by atoms with Crippen molar-refractivity contribution >= 4 is 28.5 Å². The molecule has 0 aliphatic carbocycles. The third-order valence-corrected chi connectivity index (χ3v) is 5.31. The number of hydrogen-bond donors (Lipinski definition) is 2. The summed E-state index contributed by atoms with van der Waals surface area (Å²) >= 11 is 0. The number of pyridine rings is 1. The molecule has 4 rings (SSSR count). The molecule has 2 N–H and O–H groups in total. The molecule has 3 heterocycles. The maximum absolute atomic E-state index is 13.3. The molecule has 31 heavy (non-hydrogen) atoms. The summed E-state index contributed by atoms with van der Waals surface area (Å²) in [5, 5.41) is 5.61. The first kappa shape index (κ1) is 20.7. The van der Waals surface area contributed by atoms with Gasteiger partial charge in [0.1, 0.15) is 5.82 Å². The van der Waals surface area contributed by atoms with Crippen LogP contribution in [0.2, 0.25) is 0 Å². The number of hydrogen-bond acceptors (Lipinski definition) is 5. The molecule has 10 heteroatoms. The molecular formula is C21H23FN6O3. The molecule has 1 aliphatic rings. The highest BCUT2D eigenvalue weighted by Crippen LogP contribution is 2.18. The number of rotatable bonds is 4. The average Bonchev–Trinajstić information content (AvgIpc) is 3.01. The third kappa shape index (κ3) is 4.33. The van der Waals surface area contributed by atoms with Crippen molar-refractivity contribution in [3.8, 4) is 0 Å². The van der Waals surface area contributed by atoms with Gasteiger partial charge in [-0.25, -0.2) is 9.37 Å². The van der Waals surface area contributed by atoms with Gasteiger partial charge in [-0.05, 0) is 31.2 Å². The van der Waals surface area contributed by atoms with E-state index in [0.29, 0.717) is 48.8 Å². The van der Waals surface area contributed by atoms with E-state index in [1.165, 1.54) is 22.9 Å². The monoisotopic (exact) mass is 426 g/mol. The van der Waals surface area contributed by atoms with Crippen LogP contribution in [0.5, 0.6) is 0 Å². The minimum atomic E-state index is -0.414.